The second-order valence-corrected chi connectivity index (χ2v) is 3.96. The van der Waals surface area contributed by atoms with Crippen LogP contribution in [0.15, 0.2) is 36.7 Å². The van der Waals surface area contributed by atoms with E-state index < -0.39 is 0 Å². The van der Waals surface area contributed by atoms with Crippen LogP contribution in [0.1, 0.15) is 25.3 Å². The first-order valence-corrected chi connectivity index (χ1v) is 5.07. The smallest absolute Gasteiger partial charge is 0.0724 e. The summed E-state index contributed by atoms with van der Waals surface area (Å²) in [5.41, 5.74) is 8.66. The topological polar surface area (TPSA) is 43.8 Å². The summed E-state index contributed by atoms with van der Waals surface area (Å²) in [7, 11) is 0. The quantitative estimate of drug-likeness (QED) is 0.811. The van der Waals surface area contributed by atoms with E-state index in [0.29, 0.717) is 11.6 Å². The Balaban J connectivity index is 2.31. The van der Waals surface area contributed by atoms with Crippen LogP contribution in [0.25, 0.3) is 5.69 Å². The van der Waals surface area contributed by atoms with E-state index in [1.165, 1.54) is 5.56 Å². The highest BCUT2D eigenvalue weighted by Crippen LogP contribution is 2.16. The first kappa shape index (κ1) is 9.77. The minimum absolute atomic E-state index is 0.557. The van der Waals surface area contributed by atoms with Gasteiger partial charge in [-0.25, -0.2) is 4.68 Å². The predicted molar refractivity (Wildman–Crippen MR) is 62.1 cm³/mol. The number of hydrogen-bond donors (Lipinski definition) is 1. The van der Waals surface area contributed by atoms with Crippen molar-refractivity contribution in [1.29, 1.82) is 0 Å². The molecule has 0 unspecified atom stereocenters. The Morgan fingerprint density at radius 3 is 2.33 bits per heavy atom. The van der Waals surface area contributed by atoms with Gasteiger partial charge in [-0.3, -0.25) is 0 Å². The number of rotatable bonds is 2. The molecule has 1 aromatic heterocycles. The molecule has 0 aliphatic heterocycles. The summed E-state index contributed by atoms with van der Waals surface area (Å²) in [4.78, 5) is 0. The van der Waals surface area contributed by atoms with Crippen LogP contribution in [0.5, 0.6) is 0 Å². The molecular weight excluding hydrogens is 186 g/mol. The van der Waals surface area contributed by atoms with Crippen LogP contribution in [0, 0.1) is 0 Å². The van der Waals surface area contributed by atoms with Crippen molar-refractivity contribution in [1.82, 2.24) is 9.78 Å². The molecule has 0 fully saturated rings. The van der Waals surface area contributed by atoms with Crippen molar-refractivity contribution in [2.75, 3.05) is 5.73 Å². The molecule has 0 aliphatic carbocycles. The highest BCUT2D eigenvalue weighted by molar-refractivity contribution is 5.39. The van der Waals surface area contributed by atoms with Gasteiger partial charge < -0.3 is 5.73 Å². The summed E-state index contributed by atoms with van der Waals surface area (Å²) in [5, 5.41) is 4.15. The van der Waals surface area contributed by atoms with Gasteiger partial charge in [-0.1, -0.05) is 26.0 Å². The average molecular weight is 201 g/mol. The fourth-order valence-electron chi connectivity index (χ4n) is 1.49. The maximum Gasteiger partial charge on any atom is 0.0724 e. The zero-order valence-electron chi connectivity index (χ0n) is 9.01. The van der Waals surface area contributed by atoms with Gasteiger partial charge in [-0.05, 0) is 23.6 Å². The SMILES string of the molecule is CC(C)c1ccc(-n2cc(N)cn2)cc1. The molecule has 3 nitrogen and oxygen atoms in total. The molecule has 0 spiro atoms. The third-order valence-electron chi connectivity index (χ3n) is 2.43. The number of nitrogens with zero attached hydrogens (tertiary/aromatic N) is 2. The molecule has 0 aliphatic rings. The molecule has 1 heterocycles. The molecule has 15 heavy (non-hydrogen) atoms. The summed E-state index contributed by atoms with van der Waals surface area (Å²) in [5.74, 6) is 0.557. The molecule has 0 bridgehead atoms. The van der Waals surface area contributed by atoms with Crippen LogP contribution < -0.4 is 5.73 Å². The molecular formula is C12H15N3. The lowest BCUT2D eigenvalue weighted by Gasteiger charge is -2.06. The van der Waals surface area contributed by atoms with Crippen molar-refractivity contribution < 1.29 is 0 Å². The summed E-state index contributed by atoms with van der Waals surface area (Å²) in [6, 6.07) is 8.36. The Labute approximate surface area is 89.5 Å². The summed E-state index contributed by atoms with van der Waals surface area (Å²) >= 11 is 0. The standard InChI is InChI=1S/C12H15N3/c1-9(2)10-3-5-12(6-4-10)15-8-11(13)7-14-15/h3-9H,13H2,1-2H3. The molecule has 0 amide bonds. The monoisotopic (exact) mass is 201 g/mol. The van der Waals surface area contributed by atoms with Gasteiger partial charge in [-0.15, -0.1) is 0 Å². The van der Waals surface area contributed by atoms with Gasteiger partial charge in [-0.2, -0.15) is 5.10 Å². The number of benzene rings is 1. The second kappa shape index (κ2) is 3.77. The van der Waals surface area contributed by atoms with Gasteiger partial charge >= 0.3 is 0 Å². The lowest BCUT2D eigenvalue weighted by atomic mass is 10.0. The van der Waals surface area contributed by atoms with Gasteiger partial charge in [0, 0.05) is 0 Å². The molecule has 2 N–H and O–H groups in total. The maximum absolute atomic E-state index is 5.61. The first-order valence-electron chi connectivity index (χ1n) is 5.07. The highest BCUT2D eigenvalue weighted by atomic mass is 15.3. The summed E-state index contributed by atoms with van der Waals surface area (Å²) < 4.78 is 1.78. The second-order valence-electron chi connectivity index (χ2n) is 3.96. The Morgan fingerprint density at radius 2 is 1.87 bits per heavy atom. The zero-order valence-corrected chi connectivity index (χ0v) is 9.01. The van der Waals surface area contributed by atoms with Gasteiger partial charge in [0.05, 0.1) is 23.8 Å². The van der Waals surface area contributed by atoms with Crippen LogP contribution in [-0.2, 0) is 0 Å². The lowest BCUT2D eigenvalue weighted by molar-refractivity contribution is 0.854. The van der Waals surface area contributed by atoms with Gasteiger partial charge in [0.15, 0.2) is 0 Å². The van der Waals surface area contributed by atoms with Crippen molar-refractivity contribution >= 4 is 5.69 Å². The molecule has 0 atom stereocenters. The number of nitrogen functional groups attached to an aromatic ring is 1. The fourth-order valence-corrected chi connectivity index (χ4v) is 1.49. The molecule has 3 heteroatoms. The Morgan fingerprint density at radius 1 is 1.20 bits per heavy atom. The van der Waals surface area contributed by atoms with E-state index in [9.17, 15) is 0 Å². The van der Waals surface area contributed by atoms with Gasteiger partial charge in [0.2, 0.25) is 0 Å². The van der Waals surface area contributed by atoms with E-state index in [-0.39, 0.29) is 0 Å². The van der Waals surface area contributed by atoms with Crippen LogP contribution in [0.4, 0.5) is 5.69 Å². The average Bonchev–Trinajstić information content (AvgIpc) is 2.65. The molecule has 0 saturated carbocycles. The van der Waals surface area contributed by atoms with Crippen LogP contribution in [0.3, 0.4) is 0 Å². The fraction of sp³-hybridized carbons (Fsp3) is 0.250. The van der Waals surface area contributed by atoms with Gasteiger partial charge in [0.25, 0.3) is 0 Å². The van der Waals surface area contributed by atoms with E-state index in [0.717, 1.165) is 5.69 Å². The molecule has 0 radical (unpaired) electrons. The largest absolute Gasteiger partial charge is 0.396 e. The molecule has 78 valence electrons. The lowest BCUT2D eigenvalue weighted by Crippen LogP contribution is -1.95. The third-order valence-corrected chi connectivity index (χ3v) is 2.43. The zero-order chi connectivity index (χ0) is 10.8. The Kier molecular flexibility index (Phi) is 2.46. The van der Waals surface area contributed by atoms with Crippen LogP contribution in [0.2, 0.25) is 0 Å². The normalized spacial score (nSPS) is 10.9. The van der Waals surface area contributed by atoms with E-state index in [2.05, 4.69) is 43.2 Å². The number of aromatic nitrogens is 2. The minimum Gasteiger partial charge on any atom is -0.396 e. The number of hydrogen-bond acceptors (Lipinski definition) is 2. The molecule has 1 aromatic carbocycles. The van der Waals surface area contributed by atoms with Crippen LogP contribution >= 0.6 is 0 Å². The third kappa shape index (κ3) is 2.01. The summed E-state index contributed by atoms with van der Waals surface area (Å²) in [6.07, 6.45) is 3.46. The highest BCUT2D eigenvalue weighted by Gasteiger charge is 2.01. The Hall–Kier alpha value is -1.77. The Bertz CT molecular complexity index is 440. The van der Waals surface area contributed by atoms with E-state index in [1.54, 1.807) is 10.9 Å². The van der Waals surface area contributed by atoms with Crippen molar-refractivity contribution in [3.05, 3.63) is 42.2 Å². The van der Waals surface area contributed by atoms with Crippen molar-refractivity contribution in [3.63, 3.8) is 0 Å². The predicted octanol–water partition coefficient (Wildman–Crippen LogP) is 2.58. The first-order chi connectivity index (χ1) is 7.16. The van der Waals surface area contributed by atoms with Crippen molar-refractivity contribution in [3.8, 4) is 5.69 Å². The van der Waals surface area contributed by atoms with E-state index in [1.807, 2.05) is 6.20 Å². The maximum atomic E-state index is 5.61. The number of anilines is 1. The molecule has 0 saturated heterocycles. The molecule has 2 aromatic rings. The number of nitrogens with two attached hydrogens (primary N) is 1. The molecule has 2 rings (SSSR count). The van der Waals surface area contributed by atoms with Crippen molar-refractivity contribution in [2.45, 2.75) is 19.8 Å². The summed E-state index contributed by atoms with van der Waals surface area (Å²) in [6.45, 7) is 4.36. The minimum atomic E-state index is 0.557. The van der Waals surface area contributed by atoms with Crippen LogP contribution in [-0.4, -0.2) is 9.78 Å². The van der Waals surface area contributed by atoms with E-state index in [4.69, 9.17) is 5.73 Å². The van der Waals surface area contributed by atoms with E-state index >= 15 is 0 Å². The van der Waals surface area contributed by atoms with Gasteiger partial charge in [0.1, 0.15) is 0 Å². The van der Waals surface area contributed by atoms with Crippen molar-refractivity contribution in [2.24, 2.45) is 0 Å².